The van der Waals surface area contributed by atoms with Gasteiger partial charge in [0.25, 0.3) is 0 Å². The van der Waals surface area contributed by atoms with Gasteiger partial charge in [0.1, 0.15) is 5.82 Å². The van der Waals surface area contributed by atoms with E-state index < -0.39 is 0 Å². The topological polar surface area (TPSA) is 67.6 Å². The minimum absolute atomic E-state index is 0.703. The Morgan fingerprint density at radius 2 is 2.12 bits per heavy atom. The van der Waals surface area contributed by atoms with Gasteiger partial charge in [-0.25, -0.2) is 4.98 Å². The van der Waals surface area contributed by atoms with E-state index in [2.05, 4.69) is 28.8 Å². The maximum absolute atomic E-state index is 5.89. The molecule has 0 fully saturated rings. The zero-order valence-electron chi connectivity index (χ0n) is 9.62. The molecule has 84 valence electrons. The Morgan fingerprint density at radius 1 is 1.31 bits per heavy atom. The molecule has 0 radical (unpaired) electrons. The predicted octanol–water partition coefficient (Wildman–Crippen LogP) is 2.18. The van der Waals surface area contributed by atoms with Crippen LogP contribution in [0.25, 0.3) is 11.4 Å². The van der Waals surface area contributed by atoms with Gasteiger partial charge >= 0.3 is 0 Å². The molecule has 0 atom stereocenters. The summed E-state index contributed by atoms with van der Waals surface area (Å²) in [7, 11) is 0. The summed E-state index contributed by atoms with van der Waals surface area (Å²) in [6.07, 6.45) is 5.31. The maximum Gasteiger partial charge on any atom is 0.141 e. The second-order valence-electron chi connectivity index (χ2n) is 3.68. The highest BCUT2D eigenvalue weighted by Crippen LogP contribution is 2.23. The Kier molecular flexibility index (Phi) is 2.90. The van der Waals surface area contributed by atoms with Crippen LogP contribution in [-0.2, 0) is 12.8 Å². The summed E-state index contributed by atoms with van der Waals surface area (Å²) in [6.45, 7) is 4.22. The maximum atomic E-state index is 5.89. The first-order valence-electron chi connectivity index (χ1n) is 5.53. The van der Waals surface area contributed by atoms with Gasteiger partial charge in [0, 0.05) is 23.8 Å². The smallest absolute Gasteiger partial charge is 0.141 e. The van der Waals surface area contributed by atoms with Crippen LogP contribution in [0.3, 0.4) is 0 Å². The van der Waals surface area contributed by atoms with Crippen molar-refractivity contribution in [3.05, 3.63) is 29.8 Å². The van der Waals surface area contributed by atoms with Crippen molar-refractivity contribution < 1.29 is 0 Å². The van der Waals surface area contributed by atoms with Crippen molar-refractivity contribution in [1.82, 2.24) is 15.0 Å². The average molecular weight is 216 g/mol. The summed E-state index contributed by atoms with van der Waals surface area (Å²) < 4.78 is 0. The quantitative estimate of drug-likeness (QED) is 0.826. The predicted molar refractivity (Wildman–Crippen MR) is 65.0 cm³/mol. The molecule has 2 aromatic heterocycles. The summed E-state index contributed by atoms with van der Waals surface area (Å²) in [5.41, 5.74) is 9.76. The summed E-state index contributed by atoms with van der Waals surface area (Å²) in [5, 5.41) is 0. The van der Waals surface area contributed by atoms with Gasteiger partial charge in [-0.3, -0.25) is 4.98 Å². The number of hydrogen-bond donors (Lipinski definition) is 2. The molecule has 0 aliphatic heterocycles. The molecule has 0 saturated carbocycles. The van der Waals surface area contributed by atoms with Gasteiger partial charge in [-0.2, -0.15) is 0 Å². The minimum atomic E-state index is 0.703. The van der Waals surface area contributed by atoms with E-state index in [9.17, 15) is 0 Å². The lowest BCUT2D eigenvalue weighted by molar-refractivity contribution is 0.979. The van der Waals surface area contributed by atoms with Crippen LogP contribution in [0.4, 0.5) is 5.69 Å². The van der Waals surface area contributed by atoms with Crippen LogP contribution in [0.15, 0.2) is 18.5 Å². The van der Waals surface area contributed by atoms with Gasteiger partial charge in [0.05, 0.1) is 11.3 Å². The van der Waals surface area contributed by atoms with E-state index in [0.717, 1.165) is 29.9 Å². The third-order valence-electron chi connectivity index (χ3n) is 2.66. The van der Waals surface area contributed by atoms with Crippen molar-refractivity contribution in [1.29, 1.82) is 0 Å². The Hall–Kier alpha value is -1.84. The van der Waals surface area contributed by atoms with Crippen molar-refractivity contribution in [2.45, 2.75) is 26.7 Å². The molecule has 4 nitrogen and oxygen atoms in total. The number of nitrogen functional groups attached to an aromatic ring is 1. The monoisotopic (exact) mass is 216 g/mol. The number of aromatic amines is 1. The molecule has 0 saturated heterocycles. The normalized spacial score (nSPS) is 10.6. The fraction of sp³-hybridized carbons (Fsp3) is 0.333. The van der Waals surface area contributed by atoms with Crippen molar-refractivity contribution in [2.24, 2.45) is 0 Å². The van der Waals surface area contributed by atoms with E-state index >= 15 is 0 Å². The number of nitrogens with one attached hydrogen (secondary N) is 1. The summed E-state index contributed by atoms with van der Waals surface area (Å²) in [4.78, 5) is 11.9. The molecular formula is C12H16N4. The highest BCUT2D eigenvalue weighted by Gasteiger charge is 2.10. The van der Waals surface area contributed by atoms with Crippen LogP contribution in [0.1, 0.15) is 25.2 Å². The standard InChI is InChI=1S/C12H16N4/c1-3-10-11(4-2)16-12(15-10)8-7-14-6-5-9(8)13/h5-7H,3-4H2,1-2H3,(H2,13,14)(H,15,16). The number of anilines is 1. The SMILES string of the molecule is CCc1nc(-c2cnccc2N)[nH]c1CC. The Bertz CT molecular complexity index is 466. The first kappa shape index (κ1) is 10.7. The van der Waals surface area contributed by atoms with Crippen LogP contribution in [0.2, 0.25) is 0 Å². The summed E-state index contributed by atoms with van der Waals surface area (Å²) in [6, 6.07) is 1.79. The largest absolute Gasteiger partial charge is 0.398 e. The molecule has 16 heavy (non-hydrogen) atoms. The third kappa shape index (κ3) is 1.78. The van der Waals surface area contributed by atoms with Crippen LogP contribution in [0, 0.1) is 0 Å². The summed E-state index contributed by atoms with van der Waals surface area (Å²) >= 11 is 0. The van der Waals surface area contributed by atoms with Gasteiger partial charge < -0.3 is 10.7 Å². The lowest BCUT2D eigenvalue weighted by Gasteiger charge is -1.99. The Morgan fingerprint density at radius 3 is 2.69 bits per heavy atom. The van der Waals surface area contributed by atoms with Gasteiger partial charge in [-0.1, -0.05) is 13.8 Å². The van der Waals surface area contributed by atoms with Crippen molar-refractivity contribution in [3.63, 3.8) is 0 Å². The van der Waals surface area contributed by atoms with Gasteiger partial charge in [-0.05, 0) is 18.9 Å². The van der Waals surface area contributed by atoms with E-state index in [0.29, 0.717) is 5.69 Å². The average Bonchev–Trinajstić information content (AvgIpc) is 2.72. The molecule has 0 spiro atoms. The summed E-state index contributed by atoms with van der Waals surface area (Å²) in [5.74, 6) is 0.819. The number of aryl methyl sites for hydroxylation is 2. The highest BCUT2D eigenvalue weighted by molar-refractivity contribution is 5.70. The van der Waals surface area contributed by atoms with Gasteiger partial charge in [-0.15, -0.1) is 0 Å². The van der Waals surface area contributed by atoms with E-state index in [-0.39, 0.29) is 0 Å². The molecule has 4 heteroatoms. The van der Waals surface area contributed by atoms with Crippen LogP contribution < -0.4 is 5.73 Å². The van der Waals surface area contributed by atoms with E-state index in [4.69, 9.17) is 5.73 Å². The molecule has 0 unspecified atom stereocenters. The lowest BCUT2D eigenvalue weighted by Crippen LogP contribution is -1.92. The highest BCUT2D eigenvalue weighted by atomic mass is 14.9. The number of nitrogens with two attached hydrogens (primary N) is 1. The van der Waals surface area contributed by atoms with E-state index in [1.54, 1.807) is 18.5 Å². The van der Waals surface area contributed by atoms with Crippen molar-refractivity contribution in [3.8, 4) is 11.4 Å². The number of rotatable bonds is 3. The minimum Gasteiger partial charge on any atom is -0.398 e. The first-order valence-corrected chi connectivity index (χ1v) is 5.53. The van der Waals surface area contributed by atoms with Crippen LogP contribution >= 0.6 is 0 Å². The molecular weight excluding hydrogens is 200 g/mol. The second-order valence-corrected chi connectivity index (χ2v) is 3.68. The molecule has 2 aromatic rings. The number of hydrogen-bond acceptors (Lipinski definition) is 3. The lowest BCUT2D eigenvalue weighted by atomic mass is 10.2. The fourth-order valence-electron chi connectivity index (χ4n) is 1.76. The van der Waals surface area contributed by atoms with Crippen LogP contribution in [0.5, 0.6) is 0 Å². The van der Waals surface area contributed by atoms with Gasteiger partial charge in [0.2, 0.25) is 0 Å². The first-order chi connectivity index (χ1) is 7.76. The molecule has 2 rings (SSSR count). The zero-order valence-corrected chi connectivity index (χ0v) is 9.62. The Balaban J connectivity index is 2.49. The number of imidazole rings is 1. The molecule has 0 amide bonds. The third-order valence-corrected chi connectivity index (χ3v) is 2.66. The molecule has 0 aliphatic carbocycles. The second kappa shape index (κ2) is 4.35. The molecule has 2 heterocycles. The number of pyridine rings is 1. The van der Waals surface area contributed by atoms with E-state index in [1.165, 1.54) is 5.69 Å². The van der Waals surface area contributed by atoms with E-state index in [1.807, 2.05) is 0 Å². The number of nitrogens with zero attached hydrogens (tertiary/aromatic N) is 2. The van der Waals surface area contributed by atoms with Crippen LogP contribution in [-0.4, -0.2) is 15.0 Å². The van der Waals surface area contributed by atoms with Gasteiger partial charge in [0.15, 0.2) is 0 Å². The molecule has 3 N–H and O–H groups in total. The van der Waals surface area contributed by atoms with Crippen molar-refractivity contribution in [2.75, 3.05) is 5.73 Å². The zero-order chi connectivity index (χ0) is 11.5. The molecule has 0 bridgehead atoms. The molecule has 0 aliphatic rings. The number of H-pyrrole nitrogens is 1. The van der Waals surface area contributed by atoms with Crippen molar-refractivity contribution >= 4 is 5.69 Å². The molecule has 0 aromatic carbocycles. The fourth-order valence-corrected chi connectivity index (χ4v) is 1.76. The Labute approximate surface area is 94.9 Å². The number of aromatic nitrogens is 3.